The highest BCUT2D eigenvalue weighted by Gasteiger charge is 2.30. The fourth-order valence-electron chi connectivity index (χ4n) is 2.90. The molecule has 4 heteroatoms. The van der Waals surface area contributed by atoms with Crippen molar-refractivity contribution in [1.82, 2.24) is 9.88 Å². The second-order valence-corrected chi connectivity index (χ2v) is 5.98. The minimum Gasteiger partial charge on any atom is -0.387 e. The van der Waals surface area contributed by atoms with E-state index >= 15 is 0 Å². The van der Waals surface area contributed by atoms with E-state index in [0.29, 0.717) is 0 Å². The number of H-pyrrole nitrogens is 1. The van der Waals surface area contributed by atoms with Crippen molar-refractivity contribution in [3.05, 3.63) is 34.4 Å². The number of nitrogens with zero attached hydrogens (tertiary/aromatic N) is 1. The van der Waals surface area contributed by atoms with Gasteiger partial charge in [0, 0.05) is 33.2 Å². The first kappa shape index (κ1) is 12.2. The smallest absolute Gasteiger partial charge is 0.0965 e. The van der Waals surface area contributed by atoms with Gasteiger partial charge < -0.3 is 15.0 Å². The topological polar surface area (TPSA) is 39.3 Å². The molecule has 1 aliphatic heterocycles. The first-order chi connectivity index (χ1) is 8.66. The fourth-order valence-corrected chi connectivity index (χ4v) is 3.26. The van der Waals surface area contributed by atoms with Gasteiger partial charge in [-0.25, -0.2) is 0 Å². The Kier molecular flexibility index (Phi) is 3.18. The largest absolute Gasteiger partial charge is 0.387 e. The summed E-state index contributed by atoms with van der Waals surface area (Å²) >= 11 is 3.49. The molecule has 2 heterocycles. The predicted octanol–water partition coefficient (Wildman–Crippen LogP) is 3.06. The number of likely N-dealkylation sites (tertiary alicyclic amines) is 1. The first-order valence-electron chi connectivity index (χ1n) is 6.31. The summed E-state index contributed by atoms with van der Waals surface area (Å²) in [4.78, 5) is 5.49. The lowest BCUT2D eigenvalue weighted by Gasteiger charge is -2.24. The number of hydrogen-bond donors (Lipinski definition) is 2. The minimum atomic E-state index is -0.416. The molecule has 3 rings (SSSR count). The molecular formula is C14H17BrN2O. The number of rotatable bonds is 2. The Balaban J connectivity index is 2.00. The van der Waals surface area contributed by atoms with Crippen LogP contribution in [0.3, 0.4) is 0 Å². The van der Waals surface area contributed by atoms with Crippen molar-refractivity contribution in [2.75, 3.05) is 13.6 Å². The van der Waals surface area contributed by atoms with Crippen LogP contribution in [0.25, 0.3) is 10.9 Å². The molecule has 2 atom stereocenters. The number of hydrogen-bond acceptors (Lipinski definition) is 2. The van der Waals surface area contributed by atoms with Crippen LogP contribution in [0.4, 0.5) is 0 Å². The number of aromatic amines is 1. The van der Waals surface area contributed by atoms with Gasteiger partial charge in [0.15, 0.2) is 0 Å². The maximum Gasteiger partial charge on any atom is 0.0965 e. The first-order valence-corrected chi connectivity index (χ1v) is 7.11. The average molecular weight is 309 g/mol. The summed E-state index contributed by atoms with van der Waals surface area (Å²) in [5, 5.41) is 11.7. The Labute approximate surface area is 115 Å². The maximum atomic E-state index is 10.6. The van der Waals surface area contributed by atoms with Crippen LogP contribution < -0.4 is 0 Å². The lowest BCUT2D eigenvalue weighted by molar-refractivity contribution is 0.0868. The van der Waals surface area contributed by atoms with Crippen LogP contribution in [-0.4, -0.2) is 34.6 Å². The molecule has 0 aliphatic carbocycles. The monoisotopic (exact) mass is 308 g/mol. The molecule has 1 aromatic carbocycles. The van der Waals surface area contributed by atoms with Gasteiger partial charge in [-0.1, -0.05) is 15.9 Å². The molecule has 1 aromatic heterocycles. The van der Waals surface area contributed by atoms with Gasteiger partial charge in [-0.15, -0.1) is 0 Å². The summed E-state index contributed by atoms with van der Waals surface area (Å²) in [5.74, 6) is 0. The van der Waals surface area contributed by atoms with Crippen LogP contribution in [-0.2, 0) is 0 Å². The van der Waals surface area contributed by atoms with Crippen LogP contribution in [0.15, 0.2) is 28.9 Å². The van der Waals surface area contributed by atoms with E-state index in [1.54, 1.807) is 0 Å². The number of benzene rings is 1. The summed E-state index contributed by atoms with van der Waals surface area (Å²) in [6.45, 7) is 1.08. The molecule has 0 amide bonds. The predicted molar refractivity (Wildman–Crippen MR) is 76.6 cm³/mol. The van der Waals surface area contributed by atoms with Gasteiger partial charge in [0.2, 0.25) is 0 Å². The number of halogens is 1. The van der Waals surface area contributed by atoms with Crippen LogP contribution in [0.2, 0.25) is 0 Å². The minimum absolute atomic E-state index is 0.239. The molecule has 1 aliphatic rings. The number of aliphatic hydroxyl groups is 1. The number of aromatic nitrogens is 1. The van der Waals surface area contributed by atoms with Crippen molar-refractivity contribution in [1.29, 1.82) is 0 Å². The van der Waals surface area contributed by atoms with Crippen molar-refractivity contribution in [2.24, 2.45) is 0 Å². The molecule has 2 aromatic rings. The molecule has 0 radical (unpaired) electrons. The molecule has 3 nitrogen and oxygen atoms in total. The zero-order valence-corrected chi connectivity index (χ0v) is 11.9. The van der Waals surface area contributed by atoms with Crippen LogP contribution >= 0.6 is 15.9 Å². The van der Waals surface area contributed by atoms with E-state index in [-0.39, 0.29) is 6.04 Å². The Morgan fingerprint density at radius 3 is 3.06 bits per heavy atom. The second kappa shape index (κ2) is 4.68. The third kappa shape index (κ3) is 1.98. The van der Waals surface area contributed by atoms with E-state index in [4.69, 9.17) is 0 Å². The summed E-state index contributed by atoms with van der Waals surface area (Å²) in [6, 6.07) is 6.35. The van der Waals surface area contributed by atoms with Gasteiger partial charge in [-0.3, -0.25) is 0 Å². The van der Waals surface area contributed by atoms with Gasteiger partial charge in [-0.2, -0.15) is 0 Å². The summed E-state index contributed by atoms with van der Waals surface area (Å²) in [5.41, 5.74) is 2.08. The third-order valence-electron chi connectivity index (χ3n) is 3.94. The van der Waals surface area contributed by atoms with E-state index < -0.39 is 6.10 Å². The van der Waals surface area contributed by atoms with Gasteiger partial charge in [0.1, 0.15) is 0 Å². The van der Waals surface area contributed by atoms with E-state index in [1.807, 2.05) is 18.3 Å². The highest BCUT2D eigenvalue weighted by molar-refractivity contribution is 9.10. The lowest BCUT2D eigenvalue weighted by atomic mass is 10.00. The normalized spacial score (nSPS) is 22.7. The molecule has 0 spiro atoms. The molecule has 2 N–H and O–H groups in total. The van der Waals surface area contributed by atoms with Gasteiger partial charge in [-0.05, 0) is 44.6 Å². The van der Waals surface area contributed by atoms with Crippen LogP contribution in [0.5, 0.6) is 0 Å². The zero-order valence-electron chi connectivity index (χ0n) is 10.4. The second-order valence-electron chi connectivity index (χ2n) is 5.07. The lowest BCUT2D eigenvalue weighted by Crippen LogP contribution is -2.30. The van der Waals surface area contributed by atoms with E-state index in [1.165, 1.54) is 6.42 Å². The van der Waals surface area contributed by atoms with Crippen LogP contribution in [0, 0.1) is 0 Å². The standard InChI is InChI=1S/C14H17BrN2O/c1-17-6-2-3-13(17)14(18)11-8-16-12-5-4-9(15)7-10(11)12/h4-5,7-8,13-14,16,18H,2-3,6H2,1H3/t13-,14?/m1/s1. The number of likely N-dealkylation sites (N-methyl/N-ethyl adjacent to an activating group) is 1. The van der Waals surface area contributed by atoms with Crippen LogP contribution in [0.1, 0.15) is 24.5 Å². The number of fused-ring (bicyclic) bond motifs is 1. The Bertz CT molecular complexity index is 566. The Hall–Kier alpha value is -0.840. The number of nitrogens with one attached hydrogen (secondary N) is 1. The average Bonchev–Trinajstić information content (AvgIpc) is 2.94. The fraction of sp³-hybridized carbons (Fsp3) is 0.429. The Morgan fingerprint density at radius 2 is 2.33 bits per heavy atom. The van der Waals surface area contributed by atoms with E-state index in [0.717, 1.165) is 33.9 Å². The summed E-state index contributed by atoms with van der Waals surface area (Å²) in [7, 11) is 2.09. The molecule has 0 bridgehead atoms. The SMILES string of the molecule is CN1CCC[C@@H]1C(O)c1c[nH]c2ccc(Br)cc12. The van der Waals surface area contributed by atoms with Crippen molar-refractivity contribution < 1.29 is 5.11 Å². The summed E-state index contributed by atoms with van der Waals surface area (Å²) in [6.07, 6.45) is 3.76. The highest BCUT2D eigenvalue weighted by Crippen LogP contribution is 2.33. The van der Waals surface area contributed by atoms with Gasteiger partial charge >= 0.3 is 0 Å². The molecule has 1 saturated heterocycles. The van der Waals surface area contributed by atoms with E-state index in [9.17, 15) is 5.11 Å². The van der Waals surface area contributed by atoms with Crippen molar-refractivity contribution in [3.8, 4) is 0 Å². The molecule has 18 heavy (non-hydrogen) atoms. The maximum absolute atomic E-state index is 10.6. The van der Waals surface area contributed by atoms with Gasteiger partial charge in [0.05, 0.1) is 6.10 Å². The highest BCUT2D eigenvalue weighted by atomic mass is 79.9. The number of aliphatic hydroxyl groups excluding tert-OH is 1. The third-order valence-corrected chi connectivity index (χ3v) is 4.43. The van der Waals surface area contributed by atoms with E-state index in [2.05, 4.69) is 38.9 Å². The molecule has 1 fully saturated rings. The molecule has 96 valence electrons. The Morgan fingerprint density at radius 1 is 1.50 bits per heavy atom. The molecular weight excluding hydrogens is 292 g/mol. The summed E-state index contributed by atoms with van der Waals surface area (Å²) < 4.78 is 1.04. The quantitative estimate of drug-likeness (QED) is 0.895. The van der Waals surface area contributed by atoms with Crippen molar-refractivity contribution in [3.63, 3.8) is 0 Å². The van der Waals surface area contributed by atoms with Crippen molar-refractivity contribution in [2.45, 2.75) is 25.0 Å². The zero-order chi connectivity index (χ0) is 12.7. The molecule has 0 saturated carbocycles. The molecule has 1 unspecified atom stereocenters. The van der Waals surface area contributed by atoms with Gasteiger partial charge in [0.25, 0.3) is 0 Å². The van der Waals surface area contributed by atoms with Crippen molar-refractivity contribution >= 4 is 26.8 Å².